The lowest BCUT2D eigenvalue weighted by Crippen LogP contribution is -2.23. The molecule has 0 aliphatic carbocycles. The van der Waals surface area contributed by atoms with Crippen molar-refractivity contribution in [2.24, 2.45) is 0 Å². The molecule has 0 spiro atoms. The lowest BCUT2D eigenvalue weighted by Gasteiger charge is -2.09. The van der Waals surface area contributed by atoms with Crippen molar-refractivity contribution in [3.8, 4) is 0 Å². The summed E-state index contributed by atoms with van der Waals surface area (Å²) in [5.41, 5.74) is 1.17. The largest absolute Gasteiger partial charge is 0.345 e. The minimum atomic E-state index is -0.145. The molecule has 1 aromatic carbocycles. The van der Waals surface area contributed by atoms with Gasteiger partial charge in [-0.3, -0.25) is 4.79 Å². The molecule has 0 saturated carbocycles. The fourth-order valence-corrected chi connectivity index (χ4v) is 3.43. The van der Waals surface area contributed by atoms with Crippen molar-refractivity contribution in [2.75, 3.05) is 6.26 Å². The number of benzene rings is 1. The van der Waals surface area contributed by atoms with Crippen LogP contribution in [0.4, 0.5) is 0 Å². The van der Waals surface area contributed by atoms with E-state index in [1.54, 1.807) is 29.2 Å². The third kappa shape index (κ3) is 4.80. The molecule has 0 unspecified atom stereocenters. The van der Waals surface area contributed by atoms with E-state index in [0.717, 1.165) is 15.9 Å². The van der Waals surface area contributed by atoms with Crippen molar-refractivity contribution in [3.05, 3.63) is 70.2 Å². The standard InChI is InChI=1S/C18H18N4OS2/c1-24-18-21-20-16(22(18)13-14-6-3-2-4-7-14)12-19-17(23)10-9-15-8-5-11-25-15/h2-11H,12-13H2,1H3,(H,19,23)/b10-9+. The summed E-state index contributed by atoms with van der Waals surface area (Å²) in [6, 6.07) is 14.1. The van der Waals surface area contributed by atoms with Gasteiger partial charge in [0.05, 0.1) is 13.1 Å². The molecule has 5 nitrogen and oxygen atoms in total. The van der Waals surface area contributed by atoms with E-state index in [-0.39, 0.29) is 5.91 Å². The zero-order chi connectivity index (χ0) is 17.5. The van der Waals surface area contributed by atoms with E-state index in [2.05, 4.69) is 27.6 Å². The highest BCUT2D eigenvalue weighted by Gasteiger charge is 2.12. The number of carbonyl (C=O) groups excluding carboxylic acids is 1. The minimum absolute atomic E-state index is 0.145. The normalized spacial score (nSPS) is 11.1. The van der Waals surface area contributed by atoms with E-state index >= 15 is 0 Å². The molecule has 3 rings (SSSR count). The summed E-state index contributed by atoms with van der Waals surface area (Å²) >= 11 is 3.14. The minimum Gasteiger partial charge on any atom is -0.345 e. The number of hydrogen-bond acceptors (Lipinski definition) is 5. The first kappa shape index (κ1) is 17.4. The summed E-state index contributed by atoms with van der Waals surface area (Å²) in [6.07, 6.45) is 5.32. The van der Waals surface area contributed by atoms with Crippen LogP contribution in [0.3, 0.4) is 0 Å². The van der Waals surface area contributed by atoms with Gasteiger partial charge in [0, 0.05) is 11.0 Å². The molecular weight excluding hydrogens is 352 g/mol. The lowest BCUT2D eigenvalue weighted by molar-refractivity contribution is -0.116. The van der Waals surface area contributed by atoms with E-state index in [4.69, 9.17) is 0 Å². The molecule has 25 heavy (non-hydrogen) atoms. The number of carbonyl (C=O) groups is 1. The summed E-state index contributed by atoms with van der Waals surface area (Å²) in [7, 11) is 0. The third-order valence-electron chi connectivity index (χ3n) is 3.52. The summed E-state index contributed by atoms with van der Waals surface area (Å²) in [6.45, 7) is 1.02. The van der Waals surface area contributed by atoms with Crippen molar-refractivity contribution in [1.29, 1.82) is 0 Å². The van der Waals surface area contributed by atoms with Gasteiger partial charge in [0.2, 0.25) is 5.91 Å². The average molecular weight is 371 g/mol. The van der Waals surface area contributed by atoms with E-state index < -0.39 is 0 Å². The Bertz CT molecular complexity index is 841. The van der Waals surface area contributed by atoms with Gasteiger partial charge in [-0.2, -0.15) is 0 Å². The molecule has 2 heterocycles. The molecule has 0 bridgehead atoms. The zero-order valence-electron chi connectivity index (χ0n) is 13.8. The maximum absolute atomic E-state index is 12.0. The Morgan fingerprint density at radius 3 is 2.80 bits per heavy atom. The summed E-state index contributed by atoms with van der Waals surface area (Å²) in [5, 5.41) is 14.1. The van der Waals surface area contributed by atoms with Crippen molar-refractivity contribution >= 4 is 35.1 Å². The van der Waals surface area contributed by atoms with Crippen LogP contribution >= 0.6 is 23.1 Å². The van der Waals surface area contributed by atoms with Gasteiger partial charge in [0.25, 0.3) is 0 Å². The highest BCUT2D eigenvalue weighted by atomic mass is 32.2. The van der Waals surface area contributed by atoms with Gasteiger partial charge in [0.1, 0.15) is 0 Å². The van der Waals surface area contributed by atoms with Crippen LogP contribution in [0, 0.1) is 0 Å². The molecule has 128 valence electrons. The second-order valence-corrected chi connectivity index (χ2v) is 6.99. The van der Waals surface area contributed by atoms with Gasteiger partial charge < -0.3 is 9.88 Å². The van der Waals surface area contributed by atoms with Crippen LogP contribution in [-0.4, -0.2) is 26.9 Å². The maximum Gasteiger partial charge on any atom is 0.244 e. The fourth-order valence-electron chi connectivity index (χ4n) is 2.29. The molecule has 7 heteroatoms. The number of thiophene rings is 1. The second-order valence-electron chi connectivity index (χ2n) is 5.24. The Balaban J connectivity index is 1.66. The van der Waals surface area contributed by atoms with E-state index in [1.165, 1.54) is 5.56 Å². The first-order valence-electron chi connectivity index (χ1n) is 7.75. The maximum atomic E-state index is 12.0. The quantitative estimate of drug-likeness (QED) is 0.511. The first-order chi connectivity index (χ1) is 12.3. The molecule has 1 amide bonds. The summed E-state index contributed by atoms with van der Waals surface area (Å²) in [5.74, 6) is 0.597. The van der Waals surface area contributed by atoms with Crippen LogP contribution < -0.4 is 5.32 Å². The Labute approximate surface area is 154 Å². The number of amides is 1. The predicted molar refractivity (Wildman–Crippen MR) is 103 cm³/mol. The molecule has 3 aromatic rings. The van der Waals surface area contributed by atoms with Crippen LogP contribution in [0.1, 0.15) is 16.3 Å². The topological polar surface area (TPSA) is 59.8 Å². The van der Waals surface area contributed by atoms with Gasteiger partial charge in [-0.05, 0) is 29.3 Å². The fraction of sp³-hybridized carbons (Fsp3) is 0.167. The van der Waals surface area contributed by atoms with Crippen LogP contribution in [0.5, 0.6) is 0 Å². The number of nitrogens with one attached hydrogen (secondary N) is 1. The molecule has 0 saturated heterocycles. The highest BCUT2D eigenvalue weighted by Crippen LogP contribution is 2.16. The number of hydrogen-bond donors (Lipinski definition) is 1. The number of rotatable bonds is 7. The Morgan fingerprint density at radius 1 is 1.24 bits per heavy atom. The number of thioether (sulfide) groups is 1. The van der Waals surface area contributed by atoms with E-state index in [9.17, 15) is 4.79 Å². The van der Waals surface area contributed by atoms with Crippen LogP contribution in [-0.2, 0) is 17.9 Å². The van der Waals surface area contributed by atoms with Crippen LogP contribution in [0.25, 0.3) is 6.08 Å². The molecule has 0 radical (unpaired) electrons. The first-order valence-corrected chi connectivity index (χ1v) is 9.86. The van der Waals surface area contributed by atoms with Gasteiger partial charge >= 0.3 is 0 Å². The average Bonchev–Trinajstić information content (AvgIpc) is 3.29. The Kier molecular flexibility index (Phi) is 6.03. The number of aromatic nitrogens is 3. The summed E-state index contributed by atoms with van der Waals surface area (Å²) in [4.78, 5) is 13.0. The van der Waals surface area contributed by atoms with Gasteiger partial charge in [0.15, 0.2) is 11.0 Å². The summed E-state index contributed by atoms with van der Waals surface area (Å²) < 4.78 is 2.03. The molecule has 0 aliphatic rings. The van der Waals surface area contributed by atoms with Crippen LogP contribution in [0.15, 0.2) is 59.1 Å². The molecule has 1 N–H and O–H groups in total. The molecular formula is C18H18N4OS2. The van der Waals surface area contributed by atoms with Crippen molar-refractivity contribution in [3.63, 3.8) is 0 Å². The Hall–Kier alpha value is -2.38. The van der Waals surface area contributed by atoms with Gasteiger partial charge in [-0.25, -0.2) is 0 Å². The lowest BCUT2D eigenvalue weighted by atomic mass is 10.2. The predicted octanol–water partition coefficient (Wildman–Crippen LogP) is 3.44. The Morgan fingerprint density at radius 2 is 2.08 bits per heavy atom. The highest BCUT2D eigenvalue weighted by molar-refractivity contribution is 7.98. The van der Waals surface area contributed by atoms with Crippen molar-refractivity contribution in [1.82, 2.24) is 20.1 Å². The second kappa shape index (κ2) is 8.64. The SMILES string of the molecule is CSc1nnc(CNC(=O)/C=C/c2cccs2)n1Cc1ccccc1. The molecule has 0 atom stereocenters. The van der Waals surface area contributed by atoms with E-state index in [1.807, 2.05) is 52.6 Å². The van der Waals surface area contributed by atoms with E-state index in [0.29, 0.717) is 13.1 Å². The molecule has 2 aromatic heterocycles. The van der Waals surface area contributed by atoms with Crippen LogP contribution in [0.2, 0.25) is 0 Å². The third-order valence-corrected chi connectivity index (χ3v) is 5.03. The van der Waals surface area contributed by atoms with Gasteiger partial charge in [-0.15, -0.1) is 21.5 Å². The zero-order valence-corrected chi connectivity index (χ0v) is 15.4. The smallest absolute Gasteiger partial charge is 0.244 e. The monoisotopic (exact) mass is 370 g/mol. The molecule has 0 aliphatic heterocycles. The van der Waals surface area contributed by atoms with Gasteiger partial charge in [-0.1, -0.05) is 48.2 Å². The molecule has 0 fully saturated rings. The van der Waals surface area contributed by atoms with Crippen molar-refractivity contribution in [2.45, 2.75) is 18.2 Å². The number of nitrogens with zero attached hydrogens (tertiary/aromatic N) is 3. The van der Waals surface area contributed by atoms with Crippen molar-refractivity contribution < 1.29 is 4.79 Å².